The Morgan fingerprint density at radius 3 is 2.47 bits per heavy atom. The molecule has 0 radical (unpaired) electrons. The zero-order valence-electron chi connectivity index (χ0n) is 11.4. The van der Waals surface area contributed by atoms with Crippen LogP contribution in [0.4, 0.5) is 0 Å². The Morgan fingerprint density at radius 2 is 1.94 bits per heavy atom. The van der Waals surface area contributed by atoms with Crippen LogP contribution in [0.5, 0.6) is 0 Å². The monoisotopic (exact) mass is 233 g/mol. The van der Waals surface area contributed by atoms with Crippen LogP contribution in [0.15, 0.2) is 11.3 Å². The molecule has 0 aromatic rings. The molecule has 1 aliphatic heterocycles. The molecule has 96 valence electrons. The fourth-order valence-corrected chi connectivity index (χ4v) is 3.85. The molecule has 17 heavy (non-hydrogen) atoms. The predicted molar refractivity (Wildman–Crippen MR) is 72.9 cm³/mol. The van der Waals surface area contributed by atoms with E-state index in [1.54, 1.807) is 11.3 Å². The summed E-state index contributed by atoms with van der Waals surface area (Å²) in [6, 6.07) is 0.906. The lowest BCUT2D eigenvalue weighted by molar-refractivity contribution is 0.204. The van der Waals surface area contributed by atoms with Crippen LogP contribution in [-0.2, 0) is 0 Å². The summed E-state index contributed by atoms with van der Waals surface area (Å²) in [4.78, 5) is 2.81. The Kier molecular flexibility index (Phi) is 3.44. The third-order valence-corrected chi connectivity index (χ3v) is 5.25. The SMILES string of the molecule is CCC(=C1CCC1)N1CCCC1CC1CCC1. The normalized spacial score (nSPS) is 29.1. The quantitative estimate of drug-likeness (QED) is 0.691. The van der Waals surface area contributed by atoms with Crippen molar-refractivity contribution in [2.24, 2.45) is 5.92 Å². The molecule has 0 bridgehead atoms. The molecule has 2 aliphatic carbocycles. The van der Waals surface area contributed by atoms with E-state index in [9.17, 15) is 0 Å². The minimum absolute atomic E-state index is 0.906. The van der Waals surface area contributed by atoms with Crippen molar-refractivity contribution in [3.05, 3.63) is 11.3 Å². The lowest BCUT2D eigenvalue weighted by atomic mass is 9.80. The van der Waals surface area contributed by atoms with Crippen molar-refractivity contribution in [3.8, 4) is 0 Å². The molecule has 0 N–H and O–H groups in total. The molecule has 0 aromatic heterocycles. The van der Waals surface area contributed by atoms with Gasteiger partial charge in [-0.3, -0.25) is 0 Å². The topological polar surface area (TPSA) is 3.24 Å². The van der Waals surface area contributed by atoms with Gasteiger partial charge in [-0.1, -0.05) is 31.8 Å². The van der Waals surface area contributed by atoms with Gasteiger partial charge in [-0.2, -0.15) is 0 Å². The highest BCUT2D eigenvalue weighted by Crippen LogP contribution is 2.39. The molecular formula is C16H27N. The van der Waals surface area contributed by atoms with E-state index in [4.69, 9.17) is 0 Å². The van der Waals surface area contributed by atoms with Crippen LogP contribution in [0.25, 0.3) is 0 Å². The van der Waals surface area contributed by atoms with Gasteiger partial charge in [-0.05, 0) is 50.9 Å². The summed E-state index contributed by atoms with van der Waals surface area (Å²) < 4.78 is 0. The lowest BCUT2D eigenvalue weighted by Gasteiger charge is -2.37. The first-order chi connectivity index (χ1) is 8.38. The molecule has 2 saturated carbocycles. The highest BCUT2D eigenvalue weighted by atomic mass is 15.2. The Balaban J connectivity index is 1.67. The van der Waals surface area contributed by atoms with Gasteiger partial charge in [0, 0.05) is 18.3 Å². The van der Waals surface area contributed by atoms with Crippen LogP contribution >= 0.6 is 0 Å². The Labute approximate surface area is 106 Å². The highest BCUT2D eigenvalue weighted by molar-refractivity contribution is 5.20. The summed E-state index contributed by atoms with van der Waals surface area (Å²) in [7, 11) is 0. The van der Waals surface area contributed by atoms with Gasteiger partial charge < -0.3 is 4.90 Å². The van der Waals surface area contributed by atoms with Gasteiger partial charge >= 0.3 is 0 Å². The standard InChI is InChI=1S/C16H27N/c1-2-16(14-8-4-9-14)17-11-5-10-15(17)12-13-6-3-7-13/h13,15H,2-12H2,1H3. The van der Waals surface area contributed by atoms with Crippen LogP contribution < -0.4 is 0 Å². The van der Waals surface area contributed by atoms with Crippen molar-refractivity contribution in [2.45, 2.75) is 77.2 Å². The summed E-state index contributed by atoms with van der Waals surface area (Å²) in [5.41, 5.74) is 3.55. The maximum Gasteiger partial charge on any atom is 0.0290 e. The number of likely N-dealkylation sites (tertiary alicyclic amines) is 1. The second-order valence-corrected chi connectivity index (χ2v) is 6.28. The Bertz CT molecular complexity index is 295. The molecule has 0 aromatic carbocycles. The number of nitrogens with zero attached hydrogens (tertiary/aromatic N) is 1. The average Bonchev–Trinajstić information content (AvgIpc) is 2.65. The number of hydrogen-bond donors (Lipinski definition) is 0. The first-order valence-electron chi connectivity index (χ1n) is 7.86. The third kappa shape index (κ3) is 2.26. The second-order valence-electron chi connectivity index (χ2n) is 6.28. The van der Waals surface area contributed by atoms with Crippen molar-refractivity contribution < 1.29 is 0 Å². The molecule has 1 saturated heterocycles. The lowest BCUT2D eigenvalue weighted by Crippen LogP contribution is -2.33. The van der Waals surface area contributed by atoms with E-state index in [2.05, 4.69) is 11.8 Å². The minimum Gasteiger partial charge on any atom is -0.372 e. The van der Waals surface area contributed by atoms with Gasteiger partial charge in [0.05, 0.1) is 0 Å². The molecule has 0 amide bonds. The van der Waals surface area contributed by atoms with Gasteiger partial charge in [0.2, 0.25) is 0 Å². The van der Waals surface area contributed by atoms with Gasteiger partial charge in [-0.15, -0.1) is 0 Å². The van der Waals surface area contributed by atoms with E-state index >= 15 is 0 Å². The van der Waals surface area contributed by atoms with E-state index in [0.29, 0.717) is 0 Å². The average molecular weight is 233 g/mol. The van der Waals surface area contributed by atoms with Gasteiger partial charge in [0.15, 0.2) is 0 Å². The zero-order valence-corrected chi connectivity index (χ0v) is 11.4. The van der Waals surface area contributed by atoms with Crippen LogP contribution in [-0.4, -0.2) is 17.5 Å². The fourth-order valence-electron chi connectivity index (χ4n) is 3.85. The van der Waals surface area contributed by atoms with E-state index in [1.165, 1.54) is 70.8 Å². The van der Waals surface area contributed by atoms with E-state index < -0.39 is 0 Å². The van der Waals surface area contributed by atoms with Gasteiger partial charge in [-0.25, -0.2) is 0 Å². The van der Waals surface area contributed by atoms with Crippen molar-refractivity contribution in [3.63, 3.8) is 0 Å². The van der Waals surface area contributed by atoms with Crippen LogP contribution in [0.3, 0.4) is 0 Å². The molecular weight excluding hydrogens is 206 g/mol. The molecule has 1 atom stereocenters. The molecule has 1 unspecified atom stereocenters. The number of rotatable bonds is 4. The first-order valence-corrected chi connectivity index (χ1v) is 7.86. The molecule has 1 heterocycles. The Morgan fingerprint density at radius 1 is 1.12 bits per heavy atom. The maximum atomic E-state index is 2.81. The van der Waals surface area contributed by atoms with Crippen LogP contribution in [0, 0.1) is 5.92 Å². The summed E-state index contributed by atoms with van der Waals surface area (Å²) in [6.45, 7) is 3.71. The predicted octanol–water partition coefficient (Wildman–Crippen LogP) is 4.49. The maximum absolute atomic E-state index is 2.81. The molecule has 1 heteroatoms. The van der Waals surface area contributed by atoms with Crippen molar-refractivity contribution >= 4 is 0 Å². The molecule has 3 fully saturated rings. The van der Waals surface area contributed by atoms with Gasteiger partial charge in [0.1, 0.15) is 0 Å². The molecule has 1 nitrogen and oxygen atoms in total. The molecule has 3 rings (SSSR count). The van der Waals surface area contributed by atoms with E-state index in [-0.39, 0.29) is 0 Å². The summed E-state index contributed by atoms with van der Waals surface area (Å²) >= 11 is 0. The summed E-state index contributed by atoms with van der Waals surface area (Å²) in [5, 5.41) is 0. The largest absolute Gasteiger partial charge is 0.372 e. The van der Waals surface area contributed by atoms with Crippen molar-refractivity contribution in [1.29, 1.82) is 0 Å². The van der Waals surface area contributed by atoms with Crippen molar-refractivity contribution in [1.82, 2.24) is 4.90 Å². The van der Waals surface area contributed by atoms with E-state index in [1.807, 2.05) is 0 Å². The number of hydrogen-bond acceptors (Lipinski definition) is 1. The van der Waals surface area contributed by atoms with Crippen LogP contribution in [0.1, 0.15) is 71.1 Å². The minimum atomic E-state index is 0.906. The zero-order chi connectivity index (χ0) is 11.7. The molecule has 3 aliphatic rings. The third-order valence-electron chi connectivity index (χ3n) is 5.25. The fraction of sp³-hybridized carbons (Fsp3) is 0.875. The molecule has 0 spiro atoms. The van der Waals surface area contributed by atoms with E-state index in [0.717, 1.165) is 12.0 Å². The van der Waals surface area contributed by atoms with Crippen molar-refractivity contribution in [2.75, 3.05) is 6.54 Å². The smallest absolute Gasteiger partial charge is 0.0290 e. The Hall–Kier alpha value is -0.460. The first kappa shape index (κ1) is 11.6. The summed E-state index contributed by atoms with van der Waals surface area (Å²) in [5.74, 6) is 1.07. The van der Waals surface area contributed by atoms with Crippen LogP contribution in [0.2, 0.25) is 0 Å². The summed E-state index contributed by atoms with van der Waals surface area (Å²) in [6.07, 6.45) is 14.4. The number of allylic oxidation sites excluding steroid dienone is 2. The highest BCUT2D eigenvalue weighted by Gasteiger charge is 2.31. The second kappa shape index (κ2) is 5.04. The van der Waals surface area contributed by atoms with Gasteiger partial charge in [0.25, 0.3) is 0 Å².